The summed E-state index contributed by atoms with van der Waals surface area (Å²) in [4.78, 5) is 0. The minimum absolute atomic E-state index is 0.660. The van der Waals surface area contributed by atoms with E-state index in [2.05, 4.69) is 17.4 Å². The number of ether oxygens (including phenoxy) is 1. The van der Waals surface area contributed by atoms with Gasteiger partial charge in [0, 0.05) is 0 Å². The third-order valence-corrected chi connectivity index (χ3v) is 4.55. The van der Waals surface area contributed by atoms with Gasteiger partial charge in [-0.25, -0.2) is 0 Å². The van der Waals surface area contributed by atoms with Crippen molar-refractivity contribution in [1.82, 2.24) is 5.32 Å². The number of anilines is 1. The summed E-state index contributed by atoms with van der Waals surface area (Å²) in [6, 6.07) is 6.35. The first kappa shape index (κ1) is 12.8. The van der Waals surface area contributed by atoms with E-state index in [1.54, 1.807) is 0 Å². The van der Waals surface area contributed by atoms with E-state index in [1.807, 2.05) is 6.07 Å². The van der Waals surface area contributed by atoms with Crippen LogP contribution in [0.3, 0.4) is 0 Å². The molecule has 0 atom stereocenters. The van der Waals surface area contributed by atoms with Crippen LogP contribution in [0, 0.1) is 5.92 Å². The van der Waals surface area contributed by atoms with E-state index in [4.69, 9.17) is 10.5 Å². The van der Waals surface area contributed by atoms with Crippen molar-refractivity contribution < 1.29 is 4.74 Å². The van der Waals surface area contributed by atoms with Crippen LogP contribution < -0.4 is 15.8 Å². The quantitative estimate of drug-likeness (QED) is 0.818. The molecule has 0 unspecified atom stereocenters. The maximum atomic E-state index is 6.03. The van der Waals surface area contributed by atoms with E-state index in [0.717, 1.165) is 37.1 Å². The molecule has 1 aliphatic carbocycles. The Morgan fingerprint density at radius 1 is 1.16 bits per heavy atom. The second-order valence-electron chi connectivity index (χ2n) is 5.93. The van der Waals surface area contributed by atoms with Crippen LogP contribution in [-0.2, 0) is 0 Å². The molecule has 1 saturated heterocycles. The molecule has 1 aromatic rings. The zero-order chi connectivity index (χ0) is 13.1. The van der Waals surface area contributed by atoms with Gasteiger partial charge in [-0.1, -0.05) is 12.5 Å². The van der Waals surface area contributed by atoms with Crippen molar-refractivity contribution in [1.29, 1.82) is 0 Å². The van der Waals surface area contributed by atoms with Gasteiger partial charge in [0.1, 0.15) is 5.75 Å². The minimum atomic E-state index is 0.660. The summed E-state index contributed by atoms with van der Waals surface area (Å²) in [6.45, 7) is 3.07. The fraction of sp³-hybridized carbons (Fsp3) is 0.625. The fourth-order valence-electron chi connectivity index (χ4n) is 2.95. The molecule has 3 N–H and O–H groups in total. The summed E-state index contributed by atoms with van der Waals surface area (Å²) in [5.74, 6) is 2.30. The van der Waals surface area contributed by atoms with Crippen LogP contribution in [0.4, 0.5) is 5.69 Å². The molecule has 2 fully saturated rings. The Morgan fingerprint density at radius 3 is 2.63 bits per heavy atom. The van der Waals surface area contributed by atoms with E-state index >= 15 is 0 Å². The van der Waals surface area contributed by atoms with E-state index < -0.39 is 0 Å². The van der Waals surface area contributed by atoms with Gasteiger partial charge >= 0.3 is 0 Å². The average molecular weight is 260 g/mol. The van der Waals surface area contributed by atoms with Crippen molar-refractivity contribution in [2.45, 2.75) is 38.0 Å². The van der Waals surface area contributed by atoms with Crippen LogP contribution in [0.2, 0.25) is 0 Å². The summed E-state index contributed by atoms with van der Waals surface area (Å²) < 4.78 is 5.93. The van der Waals surface area contributed by atoms with Crippen molar-refractivity contribution in [2.75, 3.05) is 25.4 Å². The molecule has 3 nitrogen and oxygen atoms in total. The molecule has 0 bridgehead atoms. The lowest BCUT2D eigenvalue weighted by atomic mass is 9.86. The van der Waals surface area contributed by atoms with Gasteiger partial charge in [-0.05, 0) is 68.3 Å². The zero-order valence-corrected chi connectivity index (χ0v) is 11.5. The number of rotatable bonds is 4. The number of piperidine rings is 1. The Morgan fingerprint density at radius 2 is 1.95 bits per heavy atom. The van der Waals surface area contributed by atoms with E-state index in [-0.39, 0.29) is 0 Å². The molecule has 2 aliphatic rings. The predicted molar refractivity (Wildman–Crippen MR) is 78.5 cm³/mol. The molecule has 0 radical (unpaired) electrons. The Balaban J connectivity index is 1.67. The molecule has 0 amide bonds. The Kier molecular flexibility index (Phi) is 3.92. The summed E-state index contributed by atoms with van der Waals surface area (Å²) in [5, 5.41) is 3.41. The molecular weight excluding hydrogens is 236 g/mol. The largest absolute Gasteiger partial charge is 0.491 e. The lowest BCUT2D eigenvalue weighted by Gasteiger charge is -2.26. The van der Waals surface area contributed by atoms with Crippen LogP contribution in [0.5, 0.6) is 5.75 Å². The second kappa shape index (κ2) is 5.83. The zero-order valence-electron chi connectivity index (χ0n) is 11.5. The van der Waals surface area contributed by atoms with Gasteiger partial charge in [0.05, 0.1) is 12.3 Å². The van der Waals surface area contributed by atoms with Gasteiger partial charge in [0.25, 0.3) is 0 Å². The lowest BCUT2D eigenvalue weighted by Crippen LogP contribution is -2.26. The van der Waals surface area contributed by atoms with Crippen LogP contribution >= 0.6 is 0 Å². The average Bonchev–Trinajstić information content (AvgIpc) is 2.40. The standard InChI is InChI=1S/C16H24N2O/c17-15-5-4-14(13-6-8-18-9-7-13)10-16(15)19-11-12-2-1-3-12/h4-5,10,12-13,18H,1-3,6-9,11,17H2. The maximum absolute atomic E-state index is 6.03. The first-order valence-corrected chi connectivity index (χ1v) is 7.56. The van der Waals surface area contributed by atoms with Crippen LogP contribution in [0.1, 0.15) is 43.6 Å². The van der Waals surface area contributed by atoms with Crippen molar-refractivity contribution in [3.8, 4) is 5.75 Å². The highest BCUT2D eigenvalue weighted by atomic mass is 16.5. The monoisotopic (exact) mass is 260 g/mol. The fourth-order valence-corrected chi connectivity index (χ4v) is 2.95. The van der Waals surface area contributed by atoms with Gasteiger partial charge in [0.2, 0.25) is 0 Å². The number of hydrogen-bond acceptors (Lipinski definition) is 3. The van der Waals surface area contributed by atoms with Crippen molar-refractivity contribution in [2.24, 2.45) is 5.92 Å². The van der Waals surface area contributed by atoms with Gasteiger partial charge in [0.15, 0.2) is 0 Å². The van der Waals surface area contributed by atoms with Gasteiger partial charge in [-0.3, -0.25) is 0 Å². The maximum Gasteiger partial charge on any atom is 0.142 e. The Bertz CT molecular complexity index is 423. The molecule has 1 heterocycles. The molecule has 0 spiro atoms. The number of nitrogen functional groups attached to an aromatic ring is 1. The van der Waals surface area contributed by atoms with Crippen LogP contribution in [0.25, 0.3) is 0 Å². The van der Waals surface area contributed by atoms with Gasteiger partial charge in [-0.2, -0.15) is 0 Å². The summed E-state index contributed by atoms with van der Waals surface area (Å²) in [7, 11) is 0. The lowest BCUT2D eigenvalue weighted by molar-refractivity contribution is 0.181. The second-order valence-corrected chi connectivity index (χ2v) is 5.93. The van der Waals surface area contributed by atoms with E-state index in [1.165, 1.54) is 37.7 Å². The first-order valence-electron chi connectivity index (χ1n) is 7.56. The molecule has 1 aliphatic heterocycles. The third kappa shape index (κ3) is 3.03. The summed E-state index contributed by atoms with van der Waals surface area (Å²) in [6.07, 6.45) is 6.42. The number of hydrogen-bond donors (Lipinski definition) is 2. The van der Waals surface area contributed by atoms with Crippen molar-refractivity contribution in [3.63, 3.8) is 0 Å². The topological polar surface area (TPSA) is 47.3 Å². The predicted octanol–water partition coefficient (Wildman–Crippen LogP) is 2.91. The Hall–Kier alpha value is -1.22. The van der Waals surface area contributed by atoms with Crippen molar-refractivity contribution in [3.05, 3.63) is 23.8 Å². The summed E-state index contributed by atoms with van der Waals surface area (Å²) >= 11 is 0. The van der Waals surface area contributed by atoms with Crippen LogP contribution in [0.15, 0.2) is 18.2 Å². The number of nitrogens with one attached hydrogen (secondary N) is 1. The highest BCUT2D eigenvalue weighted by Crippen LogP contribution is 2.33. The van der Waals surface area contributed by atoms with Gasteiger partial charge in [-0.15, -0.1) is 0 Å². The third-order valence-electron chi connectivity index (χ3n) is 4.55. The number of benzene rings is 1. The first-order chi connectivity index (χ1) is 9.33. The minimum Gasteiger partial charge on any atom is -0.491 e. The smallest absolute Gasteiger partial charge is 0.142 e. The van der Waals surface area contributed by atoms with Crippen LogP contribution in [-0.4, -0.2) is 19.7 Å². The molecule has 0 aromatic heterocycles. The molecule has 3 heteroatoms. The molecule has 104 valence electrons. The number of nitrogens with two attached hydrogens (primary N) is 1. The molecule has 1 aromatic carbocycles. The summed E-state index contributed by atoms with van der Waals surface area (Å²) in [5.41, 5.74) is 8.19. The normalized spacial score (nSPS) is 21.1. The Labute approximate surface area is 115 Å². The highest BCUT2D eigenvalue weighted by molar-refractivity contribution is 5.54. The van der Waals surface area contributed by atoms with Crippen molar-refractivity contribution >= 4 is 5.69 Å². The highest BCUT2D eigenvalue weighted by Gasteiger charge is 2.19. The molecular formula is C16H24N2O. The SMILES string of the molecule is Nc1ccc(C2CCNCC2)cc1OCC1CCC1. The van der Waals surface area contributed by atoms with E-state index in [0.29, 0.717) is 5.92 Å². The van der Waals surface area contributed by atoms with E-state index in [9.17, 15) is 0 Å². The molecule has 3 rings (SSSR count). The molecule has 19 heavy (non-hydrogen) atoms. The molecule has 1 saturated carbocycles. The van der Waals surface area contributed by atoms with Gasteiger partial charge < -0.3 is 15.8 Å².